The first kappa shape index (κ1) is 16.0. The molecule has 1 aliphatic rings. The molecule has 0 unspecified atom stereocenters. The van der Waals surface area contributed by atoms with Gasteiger partial charge in [-0.2, -0.15) is 5.10 Å². The van der Waals surface area contributed by atoms with E-state index in [0.717, 1.165) is 50.5 Å². The number of hydrogen-bond acceptors (Lipinski definition) is 4. The molecule has 0 spiro atoms. The van der Waals surface area contributed by atoms with Crippen molar-refractivity contribution in [2.24, 2.45) is 0 Å². The fraction of sp³-hybridized carbons (Fsp3) is 0.421. The molecule has 0 saturated carbocycles. The van der Waals surface area contributed by atoms with E-state index in [1.54, 1.807) is 0 Å². The summed E-state index contributed by atoms with van der Waals surface area (Å²) in [7, 11) is 0. The van der Waals surface area contributed by atoms with Gasteiger partial charge in [0.15, 0.2) is 0 Å². The number of fused-ring (bicyclic) bond motifs is 1. The van der Waals surface area contributed by atoms with Crippen LogP contribution < -0.4 is 5.32 Å². The summed E-state index contributed by atoms with van der Waals surface area (Å²) >= 11 is 0. The van der Waals surface area contributed by atoms with Crippen molar-refractivity contribution >= 4 is 0 Å². The van der Waals surface area contributed by atoms with Crippen molar-refractivity contribution in [3.8, 4) is 0 Å². The van der Waals surface area contributed by atoms with E-state index in [1.807, 2.05) is 16.9 Å². The number of hydrogen-bond donors (Lipinski definition) is 1. The summed E-state index contributed by atoms with van der Waals surface area (Å²) in [5.41, 5.74) is 2.49. The molecule has 4 rings (SSSR count). The van der Waals surface area contributed by atoms with Gasteiger partial charge < -0.3 is 9.88 Å². The van der Waals surface area contributed by atoms with Crippen molar-refractivity contribution in [3.05, 3.63) is 65.5 Å². The van der Waals surface area contributed by atoms with Crippen molar-refractivity contribution in [1.82, 2.24) is 29.9 Å². The van der Waals surface area contributed by atoms with Crippen molar-refractivity contribution in [3.63, 3.8) is 0 Å². The largest absolute Gasteiger partial charge is 0.313 e. The van der Waals surface area contributed by atoms with Crippen LogP contribution in [0.3, 0.4) is 0 Å². The molecule has 130 valence electrons. The van der Waals surface area contributed by atoms with Crippen molar-refractivity contribution in [2.45, 2.75) is 51.9 Å². The molecule has 1 aromatic carbocycles. The molecule has 0 radical (unpaired) electrons. The highest BCUT2D eigenvalue weighted by Gasteiger charge is 2.21. The molecule has 1 N–H and O–H groups in total. The third kappa shape index (κ3) is 3.64. The van der Waals surface area contributed by atoms with Crippen LogP contribution in [0.1, 0.15) is 36.1 Å². The molecule has 6 heteroatoms. The van der Waals surface area contributed by atoms with Crippen LogP contribution in [0.2, 0.25) is 0 Å². The quantitative estimate of drug-likeness (QED) is 0.750. The van der Waals surface area contributed by atoms with E-state index in [1.165, 1.54) is 11.1 Å². The van der Waals surface area contributed by atoms with Gasteiger partial charge in [-0.25, -0.2) is 0 Å². The van der Waals surface area contributed by atoms with Crippen molar-refractivity contribution < 1.29 is 0 Å². The lowest BCUT2D eigenvalue weighted by Crippen LogP contribution is -2.37. The molecule has 3 aromatic rings. The summed E-state index contributed by atoms with van der Waals surface area (Å²) in [4.78, 5) is 0. The van der Waals surface area contributed by atoms with Crippen LogP contribution in [-0.4, -0.2) is 30.6 Å². The molecule has 0 saturated heterocycles. The van der Waals surface area contributed by atoms with Gasteiger partial charge in [-0.3, -0.25) is 4.68 Å². The van der Waals surface area contributed by atoms with Gasteiger partial charge in [0.25, 0.3) is 0 Å². The minimum absolute atomic E-state index is 0.464. The molecule has 3 heterocycles. The Morgan fingerprint density at radius 1 is 1.16 bits per heavy atom. The number of aryl methyl sites for hydroxylation is 2. The second-order valence-electron chi connectivity index (χ2n) is 6.64. The van der Waals surface area contributed by atoms with Crippen molar-refractivity contribution in [1.29, 1.82) is 0 Å². The number of aromatic nitrogens is 5. The van der Waals surface area contributed by atoms with Gasteiger partial charge in [0.1, 0.15) is 11.6 Å². The van der Waals surface area contributed by atoms with Crippen LogP contribution in [0.5, 0.6) is 0 Å². The predicted molar refractivity (Wildman–Crippen MR) is 96.1 cm³/mol. The lowest BCUT2D eigenvalue weighted by molar-refractivity contribution is 0.373. The van der Waals surface area contributed by atoms with Gasteiger partial charge in [0.05, 0.1) is 12.7 Å². The van der Waals surface area contributed by atoms with Crippen LogP contribution in [0.15, 0.2) is 42.7 Å². The average molecular weight is 336 g/mol. The maximum atomic E-state index is 4.48. The number of nitrogens with one attached hydrogen (secondary N) is 1. The van der Waals surface area contributed by atoms with Crippen LogP contribution in [0.4, 0.5) is 0 Å². The van der Waals surface area contributed by atoms with Crippen molar-refractivity contribution in [2.75, 3.05) is 0 Å². The highest BCUT2D eigenvalue weighted by atomic mass is 15.3. The molecule has 25 heavy (non-hydrogen) atoms. The summed E-state index contributed by atoms with van der Waals surface area (Å²) in [5, 5.41) is 16.7. The molecule has 2 aromatic heterocycles. The zero-order valence-electron chi connectivity index (χ0n) is 14.6. The number of rotatable bonds is 6. The number of benzene rings is 1. The summed E-state index contributed by atoms with van der Waals surface area (Å²) in [5.74, 6) is 2.22. The first-order valence-electron chi connectivity index (χ1n) is 9.01. The zero-order chi connectivity index (χ0) is 17.1. The summed E-state index contributed by atoms with van der Waals surface area (Å²) in [6.45, 7) is 4.76. The molecule has 1 atom stereocenters. The van der Waals surface area contributed by atoms with Gasteiger partial charge in [-0.15, -0.1) is 10.2 Å². The third-order valence-electron chi connectivity index (χ3n) is 4.81. The van der Waals surface area contributed by atoms with E-state index in [0.29, 0.717) is 6.04 Å². The van der Waals surface area contributed by atoms with E-state index in [9.17, 15) is 0 Å². The maximum absolute atomic E-state index is 4.48. The lowest BCUT2D eigenvalue weighted by Gasteiger charge is -2.25. The normalized spacial score (nSPS) is 16.8. The molecule has 0 fully saturated rings. The molecule has 0 bridgehead atoms. The second kappa shape index (κ2) is 7.19. The Hall–Kier alpha value is -2.47. The minimum Gasteiger partial charge on any atom is -0.313 e. The van der Waals surface area contributed by atoms with Gasteiger partial charge in [-0.05, 0) is 12.0 Å². The zero-order valence-corrected chi connectivity index (χ0v) is 14.6. The monoisotopic (exact) mass is 336 g/mol. The van der Waals surface area contributed by atoms with E-state index >= 15 is 0 Å². The molecule has 6 nitrogen and oxygen atoms in total. The average Bonchev–Trinajstić information content (AvgIpc) is 3.27. The lowest BCUT2D eigenvalue weighted by atomic mass is 10.1. The first-order chi connectivity index (χ1) is 12.3. The fourth-order valence-corrected chi connectivity index (χ4v) is 3.43. The standard InChI is InChI=1S/C19H24N6/c1-2-18-22-23-19-9-8-17(14-25(18)19)20-10-16-11-21-24(13-16)12-15-6-4-3-5-7-15/h3-7,11,13,17,20H,2,8-10,12,14H2,1H3/t17-/m1/s1. The van der Waals surface area contributed by atoms with Gasteiger partial charge >= 0.3 is 0 Å². The third-order valence-corrected chi connectivity index (χ3v) is 4.81. The topological polar surface area (TPSA) is 60.6 Å². The highest BCUT2D eigenvalue weighted by Crippen LogP contribution is 2.16. The van der Waals surface area contributed by atoms with Gasteiger partial charge in [0.2, 0.25) is 0 Å². The Morgan fingerprint density at radius 3 is 2.88 bits per heavy atom. The molecule has 1 aliphatic heterocycles. The van der Waals surface area contributed by atoms with E-state index in [2.05, 4.69) is 62.6 Å². The van der Waals surface area contributed by atoms with E-state index in [-0.39, 0.29) is 0 Å². The van der Waals surface area contributed by atoms with Crippen LogP contribution in [0, 0.1) is 0 Å². The Bertz CT molecular complexity index is 806. The van der Waals surface area contributed by atoms with Crippen LogP contribution in [0.25, 0.3) is 0 Å². The highest BCUT2D eigenvalue weighted by molar-refractivity contribution is 5.15. The maximum Gasteiger partial charge on any atom is 0.133 e. The Morgan fingerprint density at radius 2 is 2.04 bits per heavy atom. The predicted octanol–water partition coefficient (Wildman–Crippen LogP) is 2.19. The Labute approximate surface area is 147 Å². The summed E-state index contributed by atoms with van der Waals surface area (Å²) in [6.07, 6.45) is 7.13. The van der Waals surface area contributed by atoms with E-state index < -0.39 is 0 Å². The summed E-state index contributed by atoms with van der Waals surface area (Å²) in [6, 6.07) is 10.9. The fourth-order valence-electron chi connectivity index (χ4n) is 3.43. The molecule has 0 aliphatic carbocycles. The summed E-state index contributed by atoms with van der Waals surface area (Å²) < 4.78 is 4.28. The van der Waals surface area contributed by atoms with Crippen LogP contribution in [-0.2, 0) is 32.5 Å². The Balaban J connectivity index is 1.33. The molecular formula is C19H24N6. The Kier molecular flexibility index (Phi) is 4.61. The van der Waals surface area contributed by atoms with E-state index in [4.69, 9.17) is 0 Å². The smallest absolute Gasteiger partial charge is 0.133 e. The van der Waals surface area contributed by atoms with Gasteiger partial charge in [-0.1, -0.05) is 37.3 Å². The number of nitrogens with zero attached hydrogens (tertiary/aromatic N) is 5. The molecule has 0 amide bonds. The van der Waals surface area contributed by atoms with Gasteiger partial charge in [0, 0.05) is 43.7 Å². The first-order valence-corrected chi connectivity index (χ1v) is 9.01. The second-order valence-corrected chi connectivity index (χ2v) is 6.64. The SMILES string of the molecule is CCc1nnc2n1C[C@H](NCc1cnn(Cc3ccccc3)c1)CC2. The van der Waals surface area contributed by atoms with Crippen LogP contribution >= 0.6 is 0 Å². The molecular weight excluding hydrogens is 312 g/mol. The minimum atomic E-state index is 0.464.